The van der Waals surface area contributed by atoms with Gasteiger partial charge in [-0.1, -0.05) is 158 Å². The number of para-hydroxylation sites is 4. The highest BCUT2D eigenvalue weighted by atomic mass is 15.2. The zero-order chi connectivity index (χ0) is 41.9. The number of rotatable bonds is 8. The maximum atomic E-state index is 9.04. The summed E-state index contributed by atoms with van der Waals surface area (Å²) in [5.74, 6) is 0.534. The SMILES string of the molecule is N=Cc1c(Nc2ccccc2)ccc2c3c(-c4cccc5c4c4ccccc4n5-c4ccccc4)cccc3n(-c3nc(-c4ccc(-c5ccccc5)cc4)c4ccccc4n3)c12. The topological polar surface area (TPSA) is 71.5 Å². The van der Waals surface area contributed by atoms with E-state index in [9.17, 15) is 0 Å². The molecule has 0 atom stereocenters. The molecule has 6 heteroatoms. The number of nitrogens with one attached hydrogen (secondary N) is 2. The first-order valence-corrected chi connectivity index (χ1v) is 21.2. The van der Waals surface area contributed by atoms with E-state index in [1.54, 1.807) is 0 Å². The zero-order valence-corrected chi connectivity index (χ0v) is 34.1. The van der Waals surface area contributed by atoms with Crippen LogP contribution in [0.5, 0.6) is 0 Å². The molecular formula is C57H38N6. The van der Waals surface area contributed by atoms with Crippen molar-refractivity contribution in [1.29, 1.82) is 5.41 Å². The van der Waals surface area contributed by atoms with E-state index in [4.69, 9.17) is 15.4 Å². The van der Waals surface area contributed by atoms with Crippen LogP contribution in [0, 0.1) is 5.41 Å². The van der Waals surface area contributed by atoms with Crippen LogP contribution in [0.15, 0.2) is 212 Å². The molecule has 0 amide bonds. The van der Waals surface area contributed by atoms with Gasteiger partial charge in [-0.25, -0.2) is 9.97 Å². The van der Waals surface area contributed by atoms with Crippen molar-refractivity contribution in [2.75, 3.05) is 5.32 Å². The van der Waals surface area contributed by atoms with E-state index < -0.39 is 0 Å². The number of benzene rings is 9. The largest absolute Gasteiger partial charge is 0.355 e. The molecule has 0 radical (unpaired) electrons. The van der Waals surface area contributed by atoms with Crippen molar-refractivity contribution in [1.82, 2.24) is 19.1 Å². The fraction of sp³-hybridized carbons (Fsp3) is 0. The van der Waals surface area contributed by atoms with E-state index in [0.29, 0.717) is 5.95 Å². The summed E-state index contributed by atoms with van der Waals surface area (Å²) >= 11 is 0. The zero-order valence-electron chi connectivity index (χ0n) is 34.1. The van der Waals surface area contributed by atoms with Gasteiger partial charge in [0.15, 0.2) is 0 Å². The van der Waals surface area contributed by atoms with E-state index in [1.807, 2.05) is 48.5 Å². The van der Waals surface area contributed by atoms with Gasteiger partial charge in [0.05, 0.1) is 33.3 Å². The standard InChI is InChI=1S/C57H38N6/c58-36-47-49(59-40-18-6-2-7-19-40)35-34-46-54-43(42-24-14-28-51-53(42)45-23-11-13-27-50(45)62(51)41-20-8-3-9-21-41)25-15-29-52(54)63(56(46)47)57-60-48-26-12-10-22-44(48)55(61-57)39-32-30-38(31-33-39)37-16-4-1-5-17-37/h1-36,58-59H. The average molecular weight is 807 g/mol. The van der Waals surface area contributed by atoms with Crippen LogP contribution in [0.1, 0.15) is 5.56 Å². The van der Waals surface area contributed by atoms with Crippen LogP contribution in [0.2, 0.25) is 0 Å². The second kappa shape index (κ2) is 14.8. The van der Waals surface area contributed by atoms with Crippen molar-refractivity contribution in [3.05, 3.63) is 218 Å². The molecule has 0 fully saturated rings. The van der Waals surface area contributed by atoms with Crippen LogP contribution in [0.3, 0.4) is 0 Å². The summed E-state index contributed by atoms with van der Waals surface area (Å²) in [5.41, 5.74) is 14.9. The molecule has 0 spiro atoms. The molecule has 296 valence electrons. The Morgan fingerprint density at radius 3 is 1.73 bits per heavy atom. The van der Waals surface area contributed by atoms with Crippen molar-refractivity contribution in [3.8, 4) is 45.1 Å². The Morgan fingerprint density at radius 1 is 0.429 bits per heavy atom. The second-order valence-electron chi connectivity index (χ2n) is 15.8. The highest BCUT2D eigenvalue weighted by molar-refractivity contribution is 6.24. The van der Waals surface area contributed by atoms with Gasteiger partial charge in [0, 0.05) is 61.3 Å². The minimum absolute atomic E-state index is 0.534. The second-order valence-corrected chi connectivity index (χ2v) is 15.8. The highest BCUT2D eigenvalue weighted by Gasteiger charge is 2.25. The Labute approximate surface area is 363 Å². The fourth-order valence-electron chi connectivity index (χ4n) is 9.48. The quantitative estimate of drug-likeness (QED) is 0.150. The third-order valence-electron chi connectivity index (χ3n) is 12.2. The molecule has 0 aliphatic heterocycles. The van der Waals surface area contributed by atoms with Crippen LogP contribution >= 0.6 is 0 Å². The third kappa shape index (κ3) is 5.92. The molecule has 6 nitrogen and oxygen atoms in total. The van der Waals surface area contributed by atoms with E-state index in [-0.39, 0.29) is 0 Å². The molecule has 12 aromatic rings. The smallest absolute Gasteiger partial charge is 0.235 e. The molecule has 63 heavy (non-hydrogen) atoms. The lowest BCUT2D eigenvalue weighted by Crippen LogP contribution is -2.06. The molecule has 0 aliphatic carbocycles. The molecule has 9 aromatic carbocycles. The average Bonchev–Trinajstić information content (AvgIpc) is 3.88. The summed E-state index contributed by atoms with van der Waals surface area (Å²) < 4.78 is 4.54. The first-order chi connectivity index (χ1) is 31.2. The molecule has 0 unspecified atom stereocenters. The summed E-state index contributed by atoms with van der Waals surface area (Å²) in [4.78, 5) is 10.8. The van der Waals surface area contributed by atoms with Crippen LogP contribution in [-0.2, 0) is 0 Å². The van der Waals surface area contributed by atoms with Gasteiger partial charge < -0.3 is 15.3 Å². The van der Waals surface area contributed by atoms with Gasteiger partial charge in [0.2, 0.25) is 5.95 Å². The van der Waals surface area contributed by atoms with Crippen molar-refractivity contribution in [3.63, 3.8) is 0 Å². The summed E-state index contributed by atoms with van der Waals surface area (Å²) in [5, 5.41) is 18.1. The lowest BCUT2D eigenvalue weighted by atomic mass is 9.95. The Bertz CT molecular complexity index is 3700. The van der Waals surface area contributed by atoms with Crippen LogP contribution in [0.4, 0.5) is 11.4 Å². The Morgan fingerprint density at radius 2 is 1.00 bits per heavy atom. The third-order valence-corrected chi connectivity index (χ3v) is 12.2. The van der Waals surface area contributed by atoms with E-state index >= 15 is 0 Å². The molecule has 0 bridgehead atoms. The predicted octanol–water partition coefficient (Wildman–Crippen LogP) is 14.6. The lowest BCUT2D eigenvalue weighted by Gasteiger charge is -2.15. The molecule has 12 rings (SSSR count). The lowest BCUT2D eigenvalue weighted by molar-refractivity contribution is 1.01. The van der Waals surface area contributed by atoms with E-state index in [0.717, 1.165) is 99.9 Å². The minimum Gasteiger partial charge on any atom is -0.355 e. The normalized spacial score (nSPS) is 11.6. The van der Waals surface area contributed by atoms with Gasteiger partial charge in [0.25, 0.3) is 0 Å². The number of hydrogen-bond donors (Lipinski definition) is 2. The van der Waals surface area contributed by atoms with Crippen molar-refractivity contribution in [2.24, 2.45) is 0 Å². The van der Waals surface area contributed by atoms with Crippen LogP contribution < -0.4 is 5.32 Å². The van der Waals surface area contributed by atoms with Gasteiger partial charge in [-0.15, -0.1) is 0 Å². The number of nitrogens with zero attached hydrogens (tertiary/aromatic N) is 4. The van der Waals surface area contributed by atoms with Crippen LogP contribution in [-0.4, -0.2) is 25.3 Å². The van der Waals surface area contributed by atoms with Crippen LogP contribution in [0.25, 0.3) is 99.7 Å². The summed E-state index contributed by atoms with van der Waals surface area (Å²) in [6.07, 6.45) is 1.46. The number of aromatic nitrogens is 4. The highest BCUT2D eigenvalue weighted by Crippen LogP contribution is 2.45. The van der Waals surface area contributed by atoms with Gasteiger partial charge in [-0.05, 0) is 76.9 Å². The van der Waals surface area contributed by atoms with Crippen molar-refractivity contribution in [2.45, 2.75) is 0 Å². The summed E-state index contributed by atoms with van der Waals surface area (Å²) in [6.45, 7) is 0. The molecule has 3 heterocycles. The number of fused-ring (bicyclic) bond motifs is 7. The van der Waals surface area contributed by atoms with Crippen molar-refractivity contribution >= 4 is 72.1 Å². The summed E-state index contributed by atoms with van der Waals surface area (Å²) in [6, 6.07) is 74.2. The molecule has 2 N–H and O–H groups in total. The number of anilines is 2. The fourth-order valence-corrected chi connectivity index (χ4v) is 9.48. The molecule has 0 aliphatic rings. The van der Waals surface area contributed by atoms with Gasteiger partial charge >= 0.3 is 0 Å². The van der Waals surface area contributed by atoms with Gasteiger partial charge in [0.1, 0.15) is 0 Å². The molecule has 0 saturated carbocycles. The Hall–Kier alpha value is -8.61. The maximum absolute atomic E-state index is 9.04. The number of hydrogen-bond acceptors (Lipinski definition) is 4. The van der Waals surface area contributed by atoms with Crippen molar-refractivity contribution < 1.29 is 0 Å². The van der Waals surface area contributed by atoms with Gasteiger partial charge in [-0.3, -0.25) is 4.57 Å². The predicted molar refractivity (Wildman–Crippen MR) is 262 cm³/mol. The van der Waals surface area contributed by atoms with E-state index in [1.165, 1.54) is 17.0 Å². The molecule has 3 aromatic heterocycles. The maximum Gasteiger partial charge on any atom is 0.235 e. The molecular weight excluding hydrogens is 769 g/mol. The summed E-state index contributed by atoms with van der Waals surface area (Å²) in [7, 11) is 0. The van der Waals surface area contributed by atoms with Gasteiger partial charge in [-0.2, -0.15) is 0 Å². The minimum atomic E-state index is 0.534. The van der Waals surface area contributed by atoms with E-state index in [2.05, 4.69) is 178 Å². The Balaban J connectivity index is 1.16. The molecule has 0 saturated heterocycles. The Kier molecular flexibility index (Phi) is 8.54. The monoisotopic (exact) mass is 806 g/mol. The first kappa shape index (κ1) is 36.3. The first-order valence-electron chi connectivity index (χ1n) is 21.2.